The molecule has 5 heteroatoms. The first-order valence-corrected chi connectivity index (χ1v) is 5.38. The zero-order valence-electron chi connectivity index (χ0n) is 6.28. The number of halogens is 4. The van der Waals surface area contributed by atoms with Gasteiger partial charge in [0, 0.05) is 9.50 Å². The maximum Gasteiger partial charge on any atom is 0.180 e. The summed E-state index contributed by atoms with van der Waals surface area (Å²) in [4.78, 5) is 11.3. The lowest BCUT2D eigenvalue weighted by Gasteiger charge is -2.04. The Kier molecular flexibility index (Phi) is 4.05. The highest BCUT2D eigenvalue weighted by Crippen LogP contribution is 2.29. The van der Waals surface area contributed by atoms with E-state index in [4.69, 9.17) is 34.8 Å². The number of benzene rings is 1. The van der Waals surface area contributed by atoms with E-state index in [1.54, 1.807) is 6.07 Å². The monoisotopic (exact) mass is 300 g/mol. The fourth-order valence-electron chi connectivity index (χ4n) is 0.875. The van der Waals surface area contributed by atoms with Gasteiger partial charge in [-0.15, -0.1) is 11.6 Å². The summed E-state index contributed by atoms with van der Waals surface area (Å²) in [5.41, 5.74) is 0.376. The average molecular weight is 302 g/mol. The molecule has 0 fully saturated rings. The summed E-state index contributed by atoms with van der Waals surface area (Å²) < 4.78 is 0.565. The number of Topliss-reactive ketones (excluding diaryl/α,β-unsaturated/α-hetero) is 1. The molecular weight excluding hydrogens is 298 g/mol. The van der Waals surface area contributed by atoms with Gasteiger partial charge in [0.2, 0.25) is 0 Å². The van der Waals surface area contributed by atoms with Crippen LogP contribution in [0.15, 0.2) is 16.6 Å². The average Bonchev–Trinajstić information content (AvgIpc) is 2.02. The first-order valence-electron chi connectivity index (χ1n) is 3.30. The van der Waals surface area contributed by atoms with Crippen LogP contribution in [0.2, 0.25) is 10.0 Å². The lowest BCUT2D eigenvalue weighted by molar-refractivity contribution is 0.102. The second-order valence-corrected chi connectivity index (χ2v) is 4.27. The first kappa shape index (κ1) is 11.3. The van der Waals surface area contributed by atoms with E-state index in [0.29, 0.717) is 20.1 Å². The standard InChI is InChI=1S/C8H4BrCl3O/c9-5-1-4(11)2-6(12)8(5)7(13)3-10/h1-2H,3H2. The summed E-state index contributed by atoms with van der Waals surface area (Å²) >= 11 is 20.1. The van der Waals surface area contributed by atoms with Gasteiger partial charge in [0.05, 0.1) is 16.5 Å². The van der Waals surface area contributed by atoms with Crippen molar-refractivity contribution in [2.45, 2.75) is 0 Å². The number of carbonyl (C=O) groups excluding carboxylic acids is 1. The Morgan fingerprint density at radius 2 is 2.00 bits per heavy atom. The molecule has 0 N–H and O–H groups in total. The lowest BCUT2D eigenvalue weighted by Crippen LogP contribution is -2.02. The molecule has 0 saturated heterocycles. The van der Waals surface area contributed by atoms with Crippen molar-refractivity contribution >= 4 is 56.5 Å². The van der Waals surface area contributed by atoms with Crippen LogP contribution >= 0.6 is 50.7 Å². The molecule has 1 rings (SSSR count). The van der Waals surface area contributed by atoms with Crippen LogP contribution in [0.3, 0.4) is 0 Å². The minimum absolute atomic E-state index is 0.0973. The van der Waals surface area contributed by atoms with Crippen LogP contribution < -0.4 is 0 Å². The van der Waals surface area contributed by atoms with E-state index >= 15 is 0 Å². The normalized spacial score (nSPS) is 10.2. The van der Waals surface area contributed by atoms with Gasteiger partial charge in [-0.2, -0.15) is 0 Å². The molecule has 0 saturated carbocycles. The number of hydrogen-bond acceptors (Lipinski definition) is 1. The molecule has 0 aliphatic heterocycles. The predicted molar refractivity (Wildman–Crippen MR) is 59.2 cm³/mol. The van der Waals surface area contributed by atoms with E-state index in [1.807, 2.05) is 0 Å². The molecular formula is C8H4BrCl3O. The van der Waals surface area contributed by atoms with Crippen molar-refractivity contribution in [3.05, 3.63) is 32.2 Å². The molecule has 0 aliphatic rings. The third-order valence-corrected chi connectivity index (χ3v) is 2.79. The highest BCUT2D eigenvalue weighted by Gasteiger charge is 2.13. The summed E-state index contributed by atoms with van der Waals surface area (Å²) in [6.45, 7) is 0. The van der Waals surface area contributed by atoms with Crippen molar-refractivity contribution in [3.8, 4) is 0 Å². The van der Waals surface area contributed by atoms with Crippen LogP contribution in [0, 0.1) is 0 Å². The number of carbonyl (C=O) groups is 1. The molecule has 0 bridgehead atoms. The molecule has 13 heavy (non-hydrogen) atoms. The lowest BCUT2D eigenvalue weighted by atomic mass is 10.1. The zero-order chi connectivity index (χ0) is 10.0. The number of alkyl halides is 1. The van der Waals surface area contributed by atoms with Crippen molar-refractivity contribution < 1.29 is 4.79 Å². The van der Waals surface area contributed by atoms with Gasteiger partial charge in [0.25, 0.3) is 0 Å². The summed E-state index contributed by atoms with van der Waals surface area (Å²) in [6, 6.07) is 3.11. The molecule has 0 unspecified atom stereocenters. The summed E-state index contributed by atoms with van der Waals surface area (Å²) in [5, 5.41) is 0.785. The molecule has 0 radical (unpaired) electrons. The molecule has 1 aromatic carbocycles. The molecule has 70 valence electrons. The Morgan fingerprint density at radius 3 is 2.46 bits per heavy atom. The fraction of sp³-hybridized carbons (Fsp3) is 0.125. The van der Waals surface area contributed by atoms with Crippen molar-refractivity contribution in [2.75, 3.05) is 5.88 Å². The topological polar surface area (TPSA) is 17.1 Å². The van der Waals surface area contributed by atoms with Crippen molar-refractivity contribution in [3.63, 3.8) is 0 Å². The Morgan fingerprint density at radius 1 is 1.38 bits per heavy atom. The molecule has 1 aromatic rings. The van der Waals surface area contributed by atoms with Gasteiger partial charge in [-0.05, 0) is 28.1 Å². The zero-order valence-corrected chi connectivity index (χ0v) is 10.1. The molecule has 0 aromatic heterocycles. The van der Waals surface area contributed by atoms with E-state index in [1.165, 1.54) is 6.07 Å². The SMILES string of the molecule is O=C(CCl)c1c(Cl)cc(Cl)cc1Br. The molecule has 0 atom stereocenters. The van der Waals surface area contributed by atoms with E-state index in [9.17, 15) is 4.79 Å². The highest BCUT2D eigenvalue weighted by atomic mass is 79.9. The quantitative estimate of drug-likeness (QED) is 0.592. The number of rotatable bonds is 2. The minimum atomic E-state index is -0.227. The Hall–Kier alpha value is 0.240. The van der Waals surface area contributed by atoms with Crippen LogP contribution in [0.5, 0.6) is 0 Å². The molecule has 0 aliphatic carbocycles. The summed E-state index contributed by atoms with van der Waals surface area (Å²) in [7, 11) is 0. The van der Waals surface area contributed by atoms with Gasteiger partial charge < -0.3 is 0 Å². The maximum absolute atomic E-state index is 11.3. The van der Waals surface area contributed by atoms with Crippen LogP contribution in [0.4, 0.5) is 0 Å². The van der Waals surface area contributed by atoms with Crippen molar-refractivity contribution in [2.24, 2.45) is 0 Å². The first-order chi connectivity index (χ1) is 6.06. The van der Waals surface area contributed by atoms with E-state index < -0.39 is 0 Å². The van der Waals surface area contributed by atoms with Gasteiger partial charge in [-0.3, -0.25) is 4.79 Å². The second-order valence-electron chi connectivity index (χ2n) is 2.30. The molecule has 1 nitrogen and oxygen atoms in total. The Labute approximate surface area is 99.1 Å². The van der Waals surface area contributed by atoms with Crippen LogP contribution in [-0.2, 0) is 0 Å². The van der Waals surface area contributed by atoms with E-state index in [2.05, 4.69) is 15.9 Å². The van der Waals surface area contributed by atoms with Crippen LogP contribution in [0.25, 0.3) is 0 Å². The Balaban J connectivity index is 3.28. The number of ketones is 1. The van der Waals surface area contributed by atoms with Gasteiger partial charge in [-0.25, -0.2) is 0 Å². The highest BCUT2D eigenvalue weighted by molar-refractivity contribution is 9.10. The third kappa shape index (κ3) is 2.59. The maximum atomic E-state index is 11.3. The van der Waals surface area contributed by atoms with E-state index in [0.717, 1.165) is 0 Å². The second kappa shape index (κ2) is 4.65. The molecule has 0 spiro atoms. The molecule has 0 amide bonds. The summed E-state index contributed by atoms with van der Waals surface area (Å²) in [6.07, 6.45) is 0. The van der Waals surface area contributed by atoms with Gasteiger partial charge in [0.15, 0.2) is 5.78 Å². The molecule has 0 heterocycles. The minimum Gasteiger partial charge on any atom is -0.293 e. The van der Waals surface area contributed by atoms with Crippen LogP contribution in [-0.4, -0.2) is 11.7 Å². The van der Waals surface area contributed by atoms with Crippen LogP contribution in [0.1, 0.15) is 10.4 Å². The van der Waals surface area contributed by atoms with Crippen molar-refractivity contribution in [1.29, 1.82) is 0 Å². The predicted octanol–water partition coefficient (Wildman–Crippen LogP) is 4.18. The van der Waals surface area contributed by atoms with Gasteiger partial charge in [-0.1, -0.05) is 23.2 Å². The third-order valence-electron chi connectivity index (χ3n) is 1.41. The summed E-state index contributed by atoms with van der Waals surface area (Å²) in [5.74, 6) is -0.324. The fourth-order valence-corrected chi connectivity index (χ4v) is 2.54. The van der Waals surface area contributed by atoms with Gasteiger partial charge >= 0.3 is 0 Å². The van der Waals surface area contributed by atoms with Gasteiger partial charge in [0.1, 0.15) is 0 Å². The smallest absolute Gasteiger partial charge is 0.180 e. The number of hydrogen-bond donors (Lipinski definition) is 0. The largest absolute Gasteiger partial charge is 0.293 e. The van der Waals surface area contributed by atoms with E-state index in [-0.39, 0.29) is 11.7 Å². The Bertz CT molecular complexity index is 328. The van der Waals surface area contributed by atoms with Crippen molar-refractivity contribution in [1.82, 2.24) is 0 Å².